The van der Waals surface area contributed by atoms with Gasteiger partial charge in [-0.2, -0.15) is 4.39 Å². The Kier molecular flexibility index (Phi) is 3.21. The SMILES string of the molecule is C[NH+](C)CCc1c(F)[nH]c2c(F)cc(F)c(O)c12. The number of aromatic nitrogens is 1. The van der Waals surface area contributed by atoms with Gasteiger partial charge >= 0.3 is 0 Å². The summed E-state index contributed by atoms with van der Waals surface area (Å²) in [5.41, 5.74) is -0.0859. The standard InChI is InChI=1S/C12H13F3N2O/c1-17(2)4-3-6-9-10(16-12(6)15)7(13)5-8(14)11(9)18/h5,16,18H,3-4H2,1-2H3/p+1. The van der Waals surface area contributed by atoms with Crippen LogP contribution in [0.25, 0.3) is 10.9 Å². The lowest BCUT2D eigenvalue weighted by Gasteiger charge is -2.07. The summed E-state index contributed by atoms with van der Waals surface area (Å²) in [4.78, 5) is 3.28. The molecule has 98 valence electrons. The molecule has 0 aliphatic rings. The van der Waals surface area contributed by atoms with Crippen molar-refractivity contribution in [2.75, 3.05) is 20.6 Å². The topological polar surface area (TPSA) is 40.5 Å². The maximum absolute atomic E-state index is 13.7. The second-order valence-corrected chi connectivity index (χ2v) is 4.56. The highest BCUT2D eigenvalue weighted by atomic mass is 19.1. The maximum atomic E-state index is 13.7. The molecule has 0 bridgehead atoms. The predicted octanol–water partition coefficient (Wildman–Crippen LogP) is 0.978. The Hall–Kier alpha value is -1.69. The van der Waals surface area contributed by atoms with Crippen LogP contribution in [0, 0.1) is 17.6 Å². The van der Waals surface area contributed by atoms with Crippen molar-refractivity contribution >= 4 is 10.9 Å². The molecule has 0 aliphatic heterocycles. The van der Waals surface area contributed by atoms with Crippen LogP contribution < -0.4 is 4.90 Å². The van der Waals surface area contributed by atoms with Crippen molar-refractivity contribution in [3.8, 4) is 5.75 Å². The molecule has 3 N–H and O–H groups in total. The van der Waals surface area contributed by atoms with Crippen LogP contribution in [0.4, 0.5) is 13.2 Å². The highest BCUT2D eigenvalue weighted by Crippen LogP contribution is 2.34. The molecule has 0 spiro atoms. The number of aromatic hydroxyl groups is 1. The fraction of sp³-hybridized carbons (Fsp3) is 0.333. The van der Waals surface area contributed by atoms with Gasteiger partial charge in [-0.3, -0.25) is 0 Å². The van der Waals surface area contributed by atoms with E-state index in [1.165, 1.54) is 0 Å². The van der Waals surface area contributed by atoms with Gasteiger partial charge in [0.15, 0.2) is 23.3 Å². The van der Waals surface area contributed by atoms with Crippen molar-refractivity contribution in [3.63, 3.8) is 0 Å². The molecule has 1 heterocycles. The van der Waals surface area contributed by atoms with Crippen molar-refractivity contribution in [1.82, 2.24) is 4.98 Å². The average Bonchev–Trinajstić information content (AvgIpc) is 2.61. The first-order valence-electron chi connectivity index (χ1n) is 5.58. The molecular formula is C12H14F3N2O+. The molecule has 1 aromatic heterocycles. The van der Waals surface area contributed by atoms with E-state index >= 15 is 0 Å². The summed E-state index contributed by atoms with van der Waals surface area (Å²) in [6.07, 6.45) is 0.282. The molecule has 6 heteroatoms. The lowest BCUT2D eigenvalue weighted by molar-refractivity contribution is -0.858. The van der Waals surface area contributed by atoms with Crippen LogP contribution in [0.15, 0.2) is 6.07 Å². The van der Waals surface area contributed by atoms with Gasteiger partial charge in [-0.15, -0.1) is 0 Å². The van der Waals surface area contributed by atoms with E-state index in [0.717, 1.165) is 4.90 Å². The number of aromatic amines is 1. The second kappa shape index (κ2) is 4.53. The Balaban J connectivity index is 2.62. The van der Waals surface area contributed by atoms with Crippen LogP contribution >= 0.6 is 0 Å². The molecule has 2 aromatic rings. The fourth-order valence-corrected chi connectivity index (χ4v) is 1.93. The van der Waals surface area contributed by atoms with Gasteiger partial charge in [-0.1, -0.05) is 0 Å². The number of fused-ring (bicyclic) bond motifs is 1. The molecule has 0 aliphatic carbocycles. The molecule has 0 unspecified atom stereocenters. The summed E-state index contributed by atoms with van der Waals surface area (Å²) in [6.45, 7) is 0.585. The molecule has 0 saturated carbocycles. The number of likely N-dealkylation sites (N-methyl/N-ethyl adjacent to an activating group) is 1. The lowest BCUT2D eigenvalue weighted by atomic mass is 10.1. The van der Waals surface area contributed by atoms with Gasteiger partial charge in [0.2, 0.25) is 0 Å². The number of halogens is 3. The average molecular weight is 259 g/mol. The Bertz CT molecular complexity index is 593. The number of rotatable bonds is 3. The number of hydrogen-bond donors (Lipinski definition) is 3. The monoisotopic (exact) mass is 259 g/mol. The number of H-pyrrole nitrogens is 1. The number of phenols is 1. The van der Waals surface area contributed by atoms with Gasteiger partial charge in [0.25, 0.3) is 0 Å². The molecule has 0 saturated heterocycles. The summed E-state index contributed by atoms with van der Waals surface area (Å²) in [5, 5.41) is 9.50. The number of quaternary nitrogens is 1. The van der Waals surface area contributed by atoms with Crippen LogP contribution in [0.3, 0.4) is 0 Å². The van der Waals surface area contributed by atoms with E-state index in [4.69, 9.17) is 0 Å². The predicted molar refractivity (Wildman–Crippen MR) is 61.2 cm³/mol. The first-order valence-corrected chi connectivity index (χ1v) is 5.58. The van der Waals surface area contributed by atoms with Crippen LogP contribution in [-0.4, -0.2) is 30.7 Å². The van der Waals surface area contributed by atoms with Gasteiger partial charge < -0.3 is 15.0 Å². The number of benzene rings is 1. The fourth-order valence-electron chi connectivity index (χ4n) is 1.93. The molecule has 0 atom stereocenters. The zero-order valence-electron chi connectivity index (χ0n) is 10.1. The molecule has 0 amide bonds. The summed E-state index contributed by atoms with van der Waals surface area (Å²) < 4.78 is 40.4. The van der Waals surface area contributed by atoms with Crippen LogP contribution in [0.5, 0.6) is 5.75 Å². The summed E-state index contributed by atoms with van der Waals surface area (Å²) >= 11 is 0. The first kappa shape index (κ1) is 12.8. The van der Waals surface area contributed by atoms with E-state index < -0.39 is 23.3 Å². The zero-order valence-corrected chi connectivity index (χ0v) is 10.1. The third-order valence-electron chi connectivity index (χ3n) is 2.88. The Morgan fingerprint density at radius 2 is 1.89 bits per heavy atom. The number of nitrogens with one attached hydrogen (secondary N) is 2. The van der Waals surface area contributed by atoms with Crippen LogP contribution in [0.2, 0.25) is 0 Å². The van der Waals surface area contributed by atoms with Crippen molar-refractivity contribution in [2.24, 2.45) is 0 Å². The van der Waals surface area contributed by atoms with Gasteiger partial charge in [0.1, 0.15) is 0 Å². The molecule has 1 aromatic carbocycles. The smallest absolute Gasteiger partial charge is 0.195 e. The summed E-state index contributed by atoms with van der Waals surface area (Å²) in [5.74, 6) is -3.44. The van der Waals surface area contributed by atoms with Gasteiger partial charge in [0.05, 0.1) is 31.5 Å². The normalized spacial score (nSPS) is 11.7. The Morgan fingerprint density at radius 3 is 2.50 bits per heavy atom. The summed E-state index contributed by atoms with van der Waals surface area (Å²) in [7, 11) is 3.77. The molecule has 0 fully saturated rings. The van der Waals surface area contributed by atoms with Crippen LogP contribution in [0.1, 0.15) is 5.56 Å². The third kappa shape index (κ3) is 2.03. The molecule has 18 heavy (non-hydrogen) atoms. The zero-order chi connectivity index (χ0) is 13.4. The number of hydrogen-bond acceptors (Lipinski definition) is 1. The molecule has 0 radical (unpaired) electrons. The highest BCUT2D eigenvalue weighted by molar-refractivity contribution is 5.90. The quantitative estimate of drug-likeness (QED) is 0.755. The highest BCUT2D eigenvalue weighted by Gasteiger charge is 2.21. The van der Waals surface area contributed by atoms with Crippen LogP contribution in [-0.2, 0) is 6.42 Å². The van der Waals surface area contributed by atoms with Crippen molar-refractivity contribution in [3.05, 3.63) is 29.2 Å². The minimum absolute atomic E-state index is 0.105. The third-order valence-corrected chi connectivity index (χ3v) is 2.88. The molecule has 2 rings (SSSR count). The molecular weight excluding hydrogens is 245 g/mol. The van der Waals surface area contributed by atoms with E-state index in [-0.39, 0.29) is 22.9 Å². The van der Waals surface area contributed by atoms with Gasteiger partial charge in [0, 0.05) is 18.1 Å². The van der Waals surface area contributed by atoms with Crippen molar-refractivity contribution in [2.45, 2.75) is 6.42 Å². The summed E-state index contributed by atoms with van der Waals surface area (Å²) in [6, 6.07) is 0.536. The van der Waals surface area contributed by atoms with E-state index in [0.29, 0.717) is 12.6 Å². The van der Waals surface area contributed by atoms with Crippen molar-refractivity contribution in [1.29, 1.82) is 0 Å². The van der Waals surface area contributed by atoms with E-state index in [1.54, 1.807) is 0 Å². The van der Waals surface area contributed by atoms with Crippen molar-refractivity contribution < 1.29 is 23.2 Å². The largest absolute Gasteiger partial charge is 0.504 e. The van der Waals surface area contributed by atoms with E-state index in [1.807, 2.05) is 14.1 Å². The molecule has 3 nitrogen and oxygen atoms in total. The minimum atomic E-state index is -1.09. The van der Waals surface area contributed by atoms with Gasteiger partial charge in [-0.05, 0) is 0 Å². The Labute approximate surface area is 102 Å². The second-order valence-electron chi connectivity index (χ2n) is 4.56. The minimum Gasteiger partial charge on any atom is -0.504 e. The number of phenolic OH excluding ortho intramolecular Hbond substituents is 1. The van der Waals surface area contributed by atoms with E-state index in [2.05, 4.69) is 4.98 Å². The first-order chi connectivity index (χ1) is 8.41. The van der Waals surface area contributed by atoms with Gasteiger partial charge in [-0.25, -0.2) is 8.78 Å². The lowest BCUT2D eigenvalue weighted by Crippen LogP contribution is -3.06. The Morgan fingerprint density at radius 1 is 1.22 bits per heavy atom. The van der Waals surface area contributed by atoms with E-state index in [9.17, 15) is 18.3 Å². The maximum Gasteiger partial charge on any atom is 0.195 e.